The summed E-state index contributed by atoms with van der Waals surface area (Å²) >= 11 is 0. The zero-order chi connectivity index (χ0) is 26.1. The molecule has 0 spiro atoms. The zero-order valence-corrected chi connectivity index (χ0v) is 19.0. The van der Waals surface area contributed by atoms with Gasteiger partial charge in [-0.1, -0.05) is 29.8 Å². The predicted octanol–water partition coefficient (Wildman–Crippen LogP) is 3.08. The summed E-state index contributed by atoms with van der Waals surface area (Å²) in [6.45, 7) is 1.04. The second kappa shape index (κ2) is 9.49. The number of ketones is 1. The number of non-ortho nitro benzene ring substituents is 2. The molecule has 12 nitrogen and oxygen atoms in total. The van der Waals surface area contributed by atoms with Gasteiger partial charge in [0.2, 0.25) is 0 Å². The van der Waals surface area contributed by atoms with Crippen LogP contribution in [0.3, 0.4) is 0 Å². The number of hydrogen-bond acceptors (Lipinski definition) is 8. The summed E-state index contributed by atoms with van der Waals surface area (Å²) in [6.07, 6.45) is 2.47. The molecule has 184 valence electrons. The van der Waals surface area contributed by atoms with Gasteiger partial charge in [-0.3, -0.25) is 39.4 Å². The minimum atomic E-state index is -0.970. The van der Waals surface area contributed by atoms with Gasteiger partial charge >= 0.3 is 0 Å². The lowest BCUT2D eigenvalue weighted by Gasteiger charge is -2.30. The summed E-state index contributed by atoms with van der Waals surface area (Å²) in [4.78, 5) is 74.0. The Labute approximate surface area is 204 Å². The Bertz CT molecular complexity index is 1350. The van der Waals surface area contributed by atoms with Crippen molar-refractivity contribution in [1.29, 1.82) is 0 Å². The molecule has 2 atom stereocenters. The van der Waals surface area contributed by atoms with Crippen LogP contribution < -0.4 is 0 Å². The first-order valence-electron chi connectivity index (χ1n) is 11.0. The summed E-state index contributed by atoms with van der Waals surface area (Å²) in [6, 6.07) is 9.52. The molecule has 36 heavy (non-hydrogen) atoms. The molecular weight excluding hydrogens is 472 g/mol. The van der Waals surface area contributed by atoms with E-state index in [-0.39, 0.29) is 16.8 Å². The lowest BCUT2D eigenvalue weighted by molar-refractivity contribution is -0.385. The number of benzene rings is 2. The molecule has 0 radical (unpaired) electrons. The van der Waals surface area contributed by atoms with Crippen LogP contribution in [-0.4, -0.2) is 49.9 Å². The third-order valence-electron chi connectivity index (χ3n) is 6.25. The first-order chi connectivity index (χ1) is 17.1. The second-order valence-electron chi connectivity index (χ2n) is 8.59. The highest BCUT2D eigenvalue weighted by atomic mass is 16.6. The highest BCUT2D eigenvalue weighted by Gasteiger charge is 2.51. The highest BCUT2D eigenvalue weighted by molar-refractivity contribution is 6.10. The number of nitrogens with zero attached hydrogens (tertiary/aromatic N) is 4. The molecule has 2 aromatic carbocycles. The van der Waals surface area contributed by atoms with E-state index in [1.165, 1.54) is 36.4 Å². The van der Waals surface area contributed by atoms with Crippen LogP contribution in [0, 0.1) is 32.1 Å². The Hall–Kier alpha value is -4.74. The van der Waals surface area contributed by atoms with Crippen molar-refractivity contribution >= 4 is 34.9 Å². The van der Waals surface area contributed by atoms with Crippen LogP contribution in [0.5, 0.6) is 0 Å². The van der Waals surface area contributed by atoms with E-state index in [0.717, 1.165) is 17.7 Å². The maximum absolute atomic E-state index is 13.5. The van der Waals surface area contributed by atoms with Gasteiger partial charge < -0.3 is 0 Å². The fourth-order valence-corrected chi connectivity index (χ4v) is 4.41. The topological polar surface area (TPSA) is 161 Å². The molecule has 1 aliphatic heterocycles. The highest BCUT2D eigenvalue weighted by Crippen LogP contribution is 2.38. The van der Waals surface area contributed by atoms with Crippen LogP contribution in [0.2, 0.25) is 0 Å². The van der Waals surface area contributed by atoms with Gasteiger partial charge in [-0.15, -0.1) is 0 Å². The molecule has 4 rings (SSSR count). The molecular formula is C24H20N4O8. The zero-order valence-electron chi connectivity index (χ0n) is 19.0. The second-order valence-corrected chi connectivity index (χ2v) is 8.59. The molecule has 0 N–H and O–H groups in total. The molecule has 0 aromatic heterocycles. The van der Waals surface area contributed by atoms with Crippen molar-refractivity contribution in [3.05, 3.63) is 91.5 Å². The maximum atomic E-state index is 13.5. The number of carbonyl (C=O) groups is 4. The van der Waals surface area contributed by atoms with E-state index in [4.69, 9.17) is 0 Å². The van der Waals surface area contributed by atoms with Gasteiger partial charge in [0.05, 0.1) is 21.7 Å². The molecule has 2 aromatic rings. The number of carbonyl (C=O) groups excluding carboxylic acids is 4. The first-order valence-corrected chi connectivity index (χ1v) is 11.0. The van der Waals surface area contributed by atoms with Gasteiger partial charge in [-0.2, -0.15) is 5.01 Å². The third-order valence-corrected chi connectivity index (χ3v) is 6.25. The molecule has 0 unspecified atom stereocenters. The van der Waals surface area contributed by atoms with Gasteiger partial charge in [0.25, 0.3) is 29.1 Å². The molecule has 0 saturated carbocycles. The fraction of sp³-hybridized carbons (Fsp3) is 0.250. The first kappa shape index (κ1) is 24.4. The van der Waals surface area contributed by atoms with Crippen molar-refractivity contribution in [3.8, 4) is 0 Å². The number of nitro groups is 2. The SMILES string of the molecule is CC1=CC[C@H]2C(=O)N(N(CC(=O)c3cccc([N+](=O)[O-])c3)C(=O)c3cccc([N+](=O)[O-])c3)C(=O)[C@@H]2C1. The molecule has 1 aliphatic carbocycles. The quantitative estimate of drug-likeness (QED) is 0.187. The minimum Gasteiger partial charge on any atom is -0.292 e. The van der Waals surface area contributed by atoms with Crippen molar-refractivity contribution < 1.29 is 29.0 Å². The number of Topliss-reactive ketones (excluding diaryl/α,β-unsaturated/α-hetero) is 1. The van der Waals surface area contributed by atoms with Crippen LogP contribution in [0.25, 0.3) is 0 Å². The molecule has 12 heteroatoms. The Morgan fingerprint density at radius 3 is 2.11 bits per heavy atom. The number of hydrazine groups is 1. The Balaban J connectivity index is 1.73. The molecule has 3 amide bonds. The number of rotatable bonds is 7. The normalized spacial score (nSPS) is 18.9. The lowest BCUT2D eigenvalue weighted by Crippen LogP contribution is -2.52. The van der Waals surface area contributed by atoms with Crippen molar-refractivity contribution in [2.45, 2.75) is 19.8 Å². The summed E-state index contributed by atoms with van der Waals surface area (Å²) < 4.78 is 0. The van der Waals surface area contributed by atoms with Crippen LogP contribution in [-0.2, 0) is 9.59 Å². The Morgan fingerprint density at radius 2 is 1.50 bits per heavy atom. The summed E-state index contributed by atoms with van der Waals surface area (Å²) in [5.41, 5.74) is -0.129. The van der Waals surface area contributed by atoms with Gasteiger partial charge in [0.15, 0.2) is 5.78 Å². The molecule has 0 bridgehead atoms. The van der Waals surface area contributed by atoms with Gasteiger partial charge in [0.1, 0.15) is 6.54 Å². The number of imide groups is 1. The standard InChI is InChI=1S/C24H20N4O8/c1-14-8-9-19-20(10-14)24(32)26(23(19)31)25(22(30)16-5-3-7-18(12-16)28(35)36)13-21(29)15-4-2-6-17(11-15)27(33)34/h2-8,11-12,19-20H,9-10,13H2,1H3/t19-,20-/m1/s1. The van der Waals surface area contributed by atoms with E-state index in [1.807, 2.05) is 13.0 Å². The predicted molar refractivity (Wildman–Crippen MR) is 123 cm³/mol. The summed E-state index contributed by atoms with van der Waals surface area (Å²) in [5.74, 6) is -4.43. The Kier molecular flexibility index (Phi) is 6.43. The monoisotopic (exact) mass is 492 g/mol. The van der Waals surface area contributed by atoms with Gasteiger partial charge in [0, 0.05) is 35.4 Å². The fourth-order valence-electron chi connectivity index (χ4n) is 4.41. The largest absolute Gasteiger partial charge is 0.292 e. The van der Waals surface area contributed by atoms with Crippen LogP contribution in [0.4, 0.5) is 11.4 Å². The van der Waals surface area contributed by atoms with E-state index in [0.29, 0.717) is 22.9 Å². The summed E-state index contributed by atoms with van der Waals surface area (Å²) in [5, 5.41) is 23.7. The van der Waals surface area contributed by atoms with Crippen LogP contribution >= 0.6 is 0 Å². The average molecular weight is 492 g/mol. The van der Waals surface area contributed by atoms with E-state index in [1.54, 1.807) is 0 Å². The number of allylic oxidation sites excluding steroid dienone is 2. The number of hydrogen-bond donors (Lipinski definition) is 0. The van der Waals surface area contributed by atoms with E-state index in [9.17, 15) is 39.4 Å². The van der Waals surface area contributed by atoms with Crippen molar-refractivity contribution in [1.82, 2.24) is 10.0 Å². The van der Waals surface area contributed by atoms with Gasteiger partial charge in [-0.25, -0.2) is 5.01 Å². The lowest BCUT2D eigenvalue weighted by atomic mass is 9.82. The van der Waals surface area contributed by atoms with Crippen LogP contribution in [0.1, 0.15) is 40.5 Å². The molecule has 1 fully saturated rings. The molecule has 2 aliphatic rings. The number of nitro benzene ring substituents is 2. The molecule has 1 heterocycles. The van der Waals surface area contributed by atoms with E-state index >= 15 is 0 Å². The number of amides is 3. The van der Waals surface area contributed by atoms with Crippen molar-refractivity contribution in [3.63, 3.8) is 0 Å². The van der Waals surface area contributed by atoms with Gasteiger partial charge in [-0.05, 0) is 25.8 Å². The maximum Gasteiger partial charge on any atom is 0.273 e. The summed E-state index contributed by atoms with van der Waals surface area (Å²) in [7, 11) is 0. The van der Waals surface area contributed by atoms with Crippen molar-refractivity contribution in [2.24, 2.45) is 11.8 Å². The van der Waals surface area contributed by atoms with Crippen LogP contribution in [0.15, 0.2) is 60.2 Å². The minimum absolute atomic E-state index is 0.102. The Morgan fingerprint density at radius 1 is 0.944 bits per heavy atom. The van der Waals surface area contributed by atoms with Crippen molar-refractivity contribution in [2.75, 3.05) is 6.54 Å². The smallest absolute Gasteiger partial charge is 0.273 e. The molecule has 1 saturated heterocycles. The van der Waals surface area contributed by atoms with E-state index in [2.05, 4.69) is 0 Å². The number of fused-ring (bicyclic) bond motifs is 1. The van der Waals surface area contributed by atoms with E-state index < -0.39 is 57.4 Å². The average Bonchev–Trinajstić information content (AvgIpc) is 3.11. The third kappa shape index (κ3) is 4.48.